The van der Waals surface area contributed by atoms with Crippen LogP contribution in [-0.4, -0.2) is 18.7 Å². The zero-order valence-electron chi connectivity index (χ0n) is 9.69. The average molecular weight is 221 g/mol. The second kappa shape index (κ2) is 4.22. The maximum absolute atomic E-state index is 6.02. The summed E-state index contributed by atoms with van der Waals surface area (Å²) in [7, 11) is 0. The molecule has 4 atom stereocenters. The molecule has 0 radical (unpaired) electrons. The van der Waals surface area contributed by atoms with Gasteiger partial charge in [0, 0.05) is 12.1 Å². The fraction of sp³-hybridized carbons (Fsp3) is 0.692. The van der Waals surface area contributed by atoms with E-state index in [-0.39, 0.29) is 6.10 Å². The van der Waals surface area contributed by atoms with Crippen LogP contribution in [0.4, 0.5) is 0 Å². The van der Waals surface area contributed by atoms with Gasteiger partial charge in [0.1, 0.15) is 11.9 Å². The molecule has 2 heterocycles. The van der Waals surface area contributed by atoms with Crippen LogP contribution < -0.4 is 5.32 Å². The van der Waals surface area contributed by atoms with Crippen LogP contribution >= 0.6 is 0 Å². The van der Waals surface area contributed by atoms with Crippen molar-refractivity contribution in [2.24, 2.45) is 5.92 Å². The average Bonchev–Trinajstić information content (AvgIpc) is 2.89. The third-order valence-electron chi connectivity index (χ3n) is 3.90. The summed E-state index contributed by atoms with van der Waals surface area (Å²) in [5, 5.41) is 3.69. The first-order chi connectivity index (χ1) is 7.84. The quantitative estimate of drug-likeness (QED) is 0.791. The molecule has 88 valence electrons. The largest absolute Gasteiger partial charge is 0.467 e. The van der Waals surface area contributed by atoms with Crippen molar-refractivity contribution < 1.29 is 9.15 Å². The van der Waals surface area contributed by atoms with E-state index in [0.29, 0.717) is 18.0 Å². The maximum Gasteiger partial charge on any atom is 0.134 e. The molecule has 2 aliphatic rings. The second-order valence-corrected chi connectivity index (χ2v) is 5.02. The first-order valence-corrected chi connectivity index (χ1v) is 6.25. The minimum Gasteiger partial charge on any atom is -0.467 e. The molecule has 3 heteroatoms. The lowest BCUT2D eigenvalue weighted by Crippen LogP contribution is -2.39. The van der Waals surface area contributed by atoms with Crippen LogP contribution in [0.2, 0.25) is 0 Å². The number of ether oxygens (including phenoxy) is 1. The van der Waals surface area contributed by atoms with Gasteiger partial charge in [-0.25, -0.2) is 0 Å². The van der Waals surface area contributed by atoms with Gasteiger partial charge in [0.25, 0.3) is 0 Å². The Hall–Kier alpha value is -0.800. The SMILES string of the molecule is CC1NC2CCCC2COC1c1ccco1. The summed E-state index contributed by atoms with van der Waals surface area (Å²) in [6.45, 7) is 3.06. The van der Waals surface area contributed by atoms with Gasteiger partial charge in [-0.3, -0.25) is 0 Å². The molecule has 1 N–H and O–H groups in total. The molecule has 1 saturated heterocycles. The Morgan fingerprint density at radius 3 is 3.12 bits per heavy atom. The van der Waals surface area contributed by atoms with E-state index >= 15 is 0 Å². The van der Waals surface area contributed by atoms with E-state index in [1.165, 1.54) is 19.3 Å². The lowest BCUT2D eigenvalue weighted by Gasteiger charge is -2.22. The smallest absolute Gasteiger partial charge is 0.134 e. The summed E-state index contributed by atoms with van der Waals surface area (Å²) >= 11 is 0. The summed E-state index contributed by atoms with van der Waals surface area (Å²) in [6, 6.07) is 4.91. The normalized spacial score (nSPS) is 39.3. The van der Waals surface area contributed by atoms with Gasteiger partial charge >= 0.3 is 0 Å². The monoisotopic (exact) mass is 221 g/mol. The lowest BCUT2D eigenvalue weighted by atomic mass is 10.0. The van der Waals surface area contributed by atoms with E-state index in [9.17, 15) is 0 Å². The van der Waals surface area contributed by atoms with Gasteiger partial charge < -0.3 is 14.5 Å². The number of hydrogen-bond donors (Lipinski definition) is 1. The third-order valence-corrected chi connectivity index (χ3v) is 3.90. The van der Waals surface area contributed by atoms with E-state index in [2.05, 4.69) is 12.2 Å². The minimum atomic E-state index is 0.0700. The van der Waals surface area contributed by atoms with Crippen molar-refractivity contribution in [2.45, 2.75) is 44.4 Å². The Balaban J connectivity index is 1.77. The Morgan fingerprint density at radius 1 is 1.38 bits per heavy atom. The number of fused-ring (bicyclic) bond motifs is 1. The van der Waals surface area contributed by atoms with E-state index in [1.807, 2.05) is 12.1 Å². The molecule has 3 rings (SSSR count). The van der Waals surface area contributed by atoms with Crippen molar-refractivity contribution in [2.75, 3.05) is 6.61 Å². The lowest BCUT2D eigenvalue weighted by molar-refractivity contribution is 0.0171. The van der Waals surface area contributed by atoms with Crippen LogP contribution in [0, 0.1) is 5.92 Å². The fourth-order valence-corrected chi connectivity index (χ4v) is 3.03. The Kier molecular flexibility index (Phi) is 2.74. The van der Waals surface area contributed by atoms with Crippen molar-refractivity contribution in [3.05, 3.63) is 24.2 Å². The molecule has 1 aliphatic heterocycles. The molecule has 0 aromatic carbocycles. The van der Waals surface area contributed by atoms with E-state index in [0.717, 1.165) is 12.4 Å². The highest BCUT2D eigenvalue weighted by Gasteiger charge is 2.35. The Bertz CT molecular complexity index is 336. The van der Waals surface area contributed by atoms with Gasteiger partial charge in [-0.2, -0.15) is 0 Å². The fourth-order valence-electron chi connectivity index (χ4n) is 3.03. The van der Waals surface area contributed by atoms with Crippen LogP contribution in [-0.2, 0) is 4.74 Å². The minimum absolute atomic E-state index is 0.0700. The van der Waals surface area contributed by atoms with Gasteiger partial charge in [-0.1, -0.05) is 6.42 Å². The van der Waals surface area contributed by atoms with Crippen molar-refractivity contribution in [3.8, 4) is 0 Å². The zero-order chi connectivity index (χ0) is 11.0. The van der Waals surface area contributed by atoms with Gasteiger partial charge in [0.15, 0.2) is 0 Å². The zero-order valence-corrected chi connectivity index (χ0v) is 9.69. The first-order valence-electron chi connectivity index (χ1n) is 6.25. The highest BCUT2D eigenvalue weighted by molar-refractivity contribution is 5.06. The Morgan fingerprint density at radius 2 is 2.31 bits per heavy atom. The highest BCUT2D eigenvalue weighted by atomic mass is 16.5. The van der Waals surface area contributed by atoms with Crippen LogP contribution in [0.1, 0.15) is 38.1 Å². The molecule has 3 nitrogen and oxygen atoms in total. The summed E-state index contributed by atoms with van der Waals surface area (Å²) < 4.78 is 11.5. The maximum atomic E-state index is 6.02. The van der Waals surface area contributed by atoms with Crippen molar-refractivity contribution >= 4 is 0 Å². The molecule has 1 aromatic rings. The topological polar surface area (TPSA) is 34.4 Å². The van der Waals surface area contributed by atoms with Crippen LogP contribution in [0.15, 0.2) is 22.8 Å². The standard InChI is InChI=1S/C13H19NO2/c1-9-13(12-6-3-7-15-12)16-8-10-4-2-5-11(10)14-9/h3,6-7,9-11,13-14H,2,4-5,8H2,1H3. The van der Waals surface area contributed by atoms with Crippen LogP contribution in [0.5, 0.6) is 0 Å². The molecule has 1 aliphatic carbocycles. The predicted octanol–water partition coefficient (Wildman–Crippen LogP) is 2.50. The van der Waals surface area contributed by atoms with Crippen molar-refractivity contribution in [1.29, 1.82) is 0 Å². The third kappa shape index (κ3) is 1.78. The predicted molar refractivity (Wildman–Crippen MR) is 61.1 cm³/mol. The first kappa shape index (κ1) is 10.4. The summed E-state index contributed by atoms with van der Waals surface area (Å²) in [6.07, 6.45) is 5.72. The molecule has 1 saturated carbocycles. The molecule has 0 amide bonds. The number of furan rings is 1. The van der Waals surface area contributed by atoms with Gasteiger partial charge in [-0.15, -0.1) is 0 Å². The Labute approximate surface area is 96.2 Å². The molecule has 16 heavy (non-hydrogen) atoms. The molecular weight excluding hydrogens is 202 g/mol. The number of rotatable bonds is 1. The highest BCUT2D eigenvalue weighted by Crippen LogP contribution is 2.33. The second-order valence-electron chi connectivity index (χ2n) is 5.02. The van der Waals surface area contributed by atoms with Gasteiger partial charge in [0.2, 0.25) is 0 Å². The van der Waals surface area contributed by atoms with Crippen molar-refractivity contribution in [3.63, 3.8) is 0 Å². The summed E-state index contributed by atoms with van der Waals surface area (Å²) in [5.74, 6) is 1.64. The molecule has 4 unspecified atom stereocenters. The molecule has 0 bridgehead atoms. The number of hydrogen-bond acceptors (Lipinski definition) is 3. The molecule has 1 aromatic heterocycles. The molecule has 2 fully saturated rings. The summed E-state index contributed by atoms with van der Waals surface area (Å²) in [4.78, 5) is 0. The van der Waals surface area contributed by atoms with Crippen LogP contribution in [0.25, 0.3) is 0 Å². The van der Waals surface area contributed by atoms with Crippen LogP contribution in [0.3, 0.4) is 0 Å². The molecule has 0 spiro atoms. The number of nitrogens with one attached hydrogen (secondary N) is 1. The van der Waals surface area contributed by atoms with E-state index in [1.54, 1.807) is 6.26 Å². The van der Waals surface area contributed by atoms with Gasteiger partial charge in [0.05, 0.1) is 12.9 Å². The molecular formula is C13H19NO2. The summed E-state index contributed by atoms with van der Waals surface area (Å²) in [5.41, 5.74) is 0. The van der Waals surface area contributed by atoms with Gasteiger partial charge in [-0.05, 0) is 37.8 Å². The van der Waals surface area contributed by atoms with Crippen molar-refractivity contribution in [1.82, 2.24) is 5.32 Å². The van der Waals surface area contributed by atoms with E-state index < -0.39 is 0 Å². The van der Waals surface area contributed by atoms with E-state index in [4.69, 9.17) is 9.15 Å².